The van der Waals surface area contributed by atoms with Crippen molar-refractivity contribution in [3.63, 3.8) is 0 Å². The van der Waals surface area contributed by atoms with Gasteiger partial charge in [0.15, 0.2) is 0 Å². The van der Waals surface area contributed by atoms with Gasteiger partial charge in [-0.1, -0.05) is 84.9 Å². The van der Waals surface area contributed by atoms with E-state index in [1.807, 2.05) is 24.3 Å². The number of hydrogen-bond donors (Lipinski definition) is 0. The van der Waals surface area contributed by atoms with E-state index in [1.54, 1.807) is 0 Å². The Bertz CT molecular complexity index is 3450. The zero-order valence-electron chi connectivity index (χ0n) is 29.5. The van der Waals surface area contributed by atoms with E-state index in [9.17, 15) is 10.5 Å². The largest absolute Gasteiger partial charge is 0.309 e. The Morgan fingerprint density at radius 3 is 1.47 bits per heavy atom. The molecule has 0 saturated carbocycles. The molecule has 0 fully saturated rings. The first-order chi connectivity index (χ1) is 27.2. The van der Waals surface area contributed by atoms with Gasteiger partial charge in [0.05, 0.1) is 56.4 Å². The highest BCUT2D eigenvalue weighted by molar-refractivity contribution is 6.26. The average molecular weight is 700 g/mol. The van der Waals surface area contributed by atoms with Crippen LogP contribution in [0.2, 0.25) is 0 Å². The highest BCUT2D eigenvalue weighted by Crippen LogP contribution is 2.43. The molecule has 0 aliphatic heterocycles. The van der Waals surface area contributed by atoms with Crippen LogP contribution in [0.15, 0.2) is 176 Å². The van der Waals surface area contributed by atoms with Crippen LogP contribution in [-0.2, 0) is 0 Å². The summed E-state index contributed by atoms with van der Waals surface area (Å²) in [6, 6.07) is 66.1. The van der Waals surface area contributed by atoms with Crippen LogP contribution in [0.4, 0.5) is 0 Å². The van der Waals surface area contributed by atoms with Gasteiger partial charge in [-0.3, -0.25) is 0 Å². The number of fused-ring (bicyclic) bond motifs is 10. The van der Waals surface area contributed by atoms with Gasteiger partial charge >= 0.3 is 0 Å². The Labute approximate surface area is 316 Å². The third-order valence-corrected chi connectivity index (χ3v) is 11.0. The molecule has 0 atom stereocenters. The normalized spacial score (nSPS) is 11.6. The van der Waals surface area contributed by atoms with E-state index in [-0.39, 0.29) is 0 Å². The molecule has 11 rings (SSSR count). The van der Waals surface area contributed by atoms with Crippen LogP contribution in [-0.4, -0.2) is 13.7 Å². The Morgan fingerprint density at radius 2 is 0.818 bits per heavy atom. The zero-order chi connectivity index (χ0) is 36.6. The van der Waals surface area contributed by atoms with Gasteiger partial charge in [-0.2, -0.15) is 10.5 Å². The van der Waals surface area contributed by atoms with Crippen molar-refractivity contribution >= 4 is 65.4 Å². The van der Waals surface area contributed by atoms with Gasteiger partial charge in [0, 0.05) is 49.4 Å². The molecule has 0 spiro atoms. The van der Waals surface area contributed by atoms with E-state index in [1.165, 1.54) is 10.8 Å². The number of para-hydroxylation sites is 3. The van der Waals surface area contributed by atoms with E-state index in [2.05, 4.69) is 177 Å². The number of hydrogen-bond acceptors (Lipinski definition) is 2. The van der Waals surface area contributed by atoms with E-state index in [4.69, 9.17) is 0 Å². The van der Waals surface area contributed by atoms with Crippen LogP contribution in [0.1, 0.15) is 11.1 Å². The first kappa shape index (κ1) is 30.7. The second-order valence-electron chi connectivity index (χ2n) is 14.0. The van der Waals surface area contributed by atoms with Crippen LogP contribution in [0, 0.1) is 22.7 Å². The zero-order valence-corrected chi connectivity index (χ0v) is 29.5. The topological polar surface area (TPSA) is 62.4 Å². The molecule has 0 aliphatic carbocycles. The van der Waals surface area contributed by atoms with Gasteiger partial charge in [0.25, 0.3) is 0 Å². The van der Waals surface area contributed by atoms with Crippen molar-refractivity contribution in [2.45, 2.75) is 0 Å². The van der Waals surface area contributed by atoms with Gasteiger partial charge in [-0.05, 0) is 102 Å². The molecule has 11 aromatic rings. The molecule has 5 nitrogen and oxygen atoms in total. The standard InChI is InChI=1S/C50H29N5/c51-30-32-20-23-46-42(26-32)40-17-5-6-18-44(40)53(46)37-14-8-10-34(28-37)35-11-9-15-38(29-35)54-47-24-21-33(31-52)27-43(47)49-48(54)25-22-41-39-16-4-7-19-45(39)55(50(41)49)36-12-2-1-3-13-36/h1-29H. The number of aromatic nitrogens is 3. The molecule has 0 N–H and O–H groups in total. The fourth-order valence-electron chi connectivity index (χ4n) is 8.72. The number of nitrogens with zero attached hydrogens (tertiary/aromatic N) is 5. The predicted octanol–water partition coefficient (Wildman–Crippen LogP) is 12.4. The Morgan fingerprint density at radius 1 is 0.327 bits per heavy atom. The van der Waals surface area contributed by atoms with E-state index in [0.717, 1.165) is 82.8 Å². The van der Waals surface area contributed by atoms with Crippen molar-refractivity contribution in [3.8, 4) is 40.3 Å². The third kappa shape index (κ3) is 4.51. The minimum Gasteiger partial charge on any atom is -0.309 e. The van der Waals surface area contributed by atoms with Gasteiger partial charge in [0.1, 0.15) is 0 Å². The van der Waals surface area contributed by atoms with E-state index >= 15 is 0 Å². The molecular weight excluding hydrogens is 671 g/mol. The van der Waals surface area contributed by atoms with Crippen LogP contribution in [0.3, 0.4) is 0 Å². The lowest BCUT2D eigenvalue weighted by molar-refractivity contribution is 1.17. The number of benzene rings is 8. The van der Waals surface area contributed by atoms with Crippen molar-refractivity contribution in [3.05, 3.63) is 187 Å². The third-order valence-electron chi connectivity index (χ3n) is 11.0. The lowest BCUT2D eigenvalue weighted by Gasteiger charge is -2.13. The molecular formula is C50H29N5. The van der Waals surface area contributed by atoms with Crippen LogP contribution in [0.25, 0.3) is 93.6 Å². The van der Waals surface area contributed by atoms with Gasteiger partial charge in [-0.25, -0.2) is 0 Å². The molecule has 0 saturated heterocycles. The molecule has 0 bridgehead atoms. The Hall–Kier alpha value is -7.86. The molecule has 5 heteroatoms. The van der Waals surface area contributed by atoms with Gasteiger partial charge in [0.2, 0.25) is 0 Å². The second-order valence-corrected chi connectivity index (χ2v) is 14.0. The summed E-state index contributed by atoms with van der Waals surface area (Å²) in [7, 11) is 0. The summed E-state index contributed by atoms with van der Waals surface area (Å²) in [5.41, 5.74) is 13.2. The highest BCUT2D eigenvalue weighted by Gasteiger charge is 2.21. The lowest BCUT2D eigenvalue weighted by atomic mass is 10.0. The van der Waals surface area contributed by atoms with Crippen molar-refractivity contribution < 1.29 is 0 Å². The van der Waals surface area contributed by atoms with Crippen molar-refractivity contribution in [1.29, 1.82) is 10.5 Å². The highest BCUT2D eigenvalue weighted by atomic mass is 15.0. The molecule has 8 aromatic carbocycles. The maximum absolute atomic E-state index is 10.1. The minimum atomic E-state index is 0.630. The van der Waals surface area contributed by atoms with Gasteiger partial charge < -0.3 is 13.7 Å². The molecule has 0 unspecified atom stereocenters. The second kappa shape index (κ2) is 11.8. The molecule has 0 radical (unpaired) electrons. The monoisotopic (exact) mass is 699 g/mol. The summed E-state index contributed by atoms with van der Waals surface area (Å²) in [6.07, 6.45) is 0. The molecule has 0 aliphatic rings. The van der Waals surface area contributed by atoms with Crippen LogP contribution in [0.5, 0.6) is 0 Å². The summed E-state index contributed by atoms with van der Waals surface area (Å²) in [6.45, 7) is 0. The summed E-state index contributed by atoms with van der Waals surface area (Å²) >= 11 is 0. The Kier molecular flexibility index (Phi) is 6.61. The van der Waals surface area contributed by atoms with Crippen molar-refractivity contribution in [2.75, 3.05) is 0 Å². The summed E-state index contributed by atoms with van der Waals surface area (Å²) < 4.78 is 6.99. The fourth-order valence-corrected chi connectivity index (χ4v) is 8.72. The van der Waals surface area contributed by atoms with E-state index < -0.39 is 0 Å². The summed E-state index contributed by atoms with van der Waals surface area (Å²) in [5, 5.41) is 26.4. The fraction of sp³-hybridized carbons (Fsp3) is 0. The maximum atomic E-state index is 10.1. The number of nitriles is 2. The minimum absolute atomic E-state index is 0.630. The van der Waals surface area contributed by atoms with Crippen molar-refractivity contribution in [2.24, 2.45) is 0 Å². The maximum Gasteiger partial charge on any atom is 0.0991 e. The quantitative estimate of drug-likeness (QED) is 0.184. The molecule has 3 heterocycles. The van der Waals surface area contributed by atoms with Crippen LogP contribution < -0.4 is 0 Å². The SMILES string of the molecule is N#Cc1ccc2c(c1)c1ccccc1n2-c1cccc(-c2cccc(-n3c4ccc(C#N)cc4c4c3ccc3c5ccccc5n(-c5ccccc5)c34)c2)c1. The first-order valence-electron chi connectivity index (χ1n) is 18.3. The van der Waals surface area contributed by atoms with Crippen molar-refractivity contribution in [1.82, 2.24) is 13.7 Å². The molecule has 254 valence electrons. The predicted molar refractivity (Wildman–Crippen MR) is 224 cm³/mol. The average Bonchev–Trinajstić information content (AvgIpc) is 3.89. The lowest BCUT2D eigenvalue weighted by Crippen LogP contribution is -1.96. The van der Waals surface area contributed by atoms with E-state index in [0.29, 0.717) is 11.1 Å². The molecule has 0 amide bonds. The Balaban J connectivity index is 1.14. The molecule has 55 heavy (non-hydrogen) atoms. The molecule has 3 aromatic heterocycles. The first-order valence-corrected chi connectivity index (χ1v) is 18.3. The summed E-state index contributed by atoms with van der Waals surface area (Å²) in [5.74, 6) is 0. The van der Waals surface area contributed by atoms with Gasteiger partial charge in [-0.15, -0.1) is 0 Å². The summed E-state index contributed by atoms with van der Waals surface area (Å²) in [4.78, 5) is 0. The number of rotatable bonds is 4. The smallest absolute Gasteiger partial charge is 0.0991 e. The van der Waals surface area contributed by atoms with Crippen LogP contribution >= 0.6 is 0 Å².